The van der Waals surface area contributed by atoms with E-state index in [0.717, 1.165) is 18.4 Å². The predicted octanol–water partition coefficient (Wildman–Crippen LogP) is 3.17. The monoisotopic (exact) mass is 252 g/mol. The third-order valence-corrected chi connectivity index (χ3v) is 3.98. The fourth-order valence-corrected chi connectivity index (χ4v) is 2.73. The fourth-order valence-electron chi connectivity index (χ4n) is 2.73. The van der Waals surface area contributed by atoms with Gasteiger partial charge >= 0.3 is 0 Å². The maximum Gasteiger partial charge on any atom is 0.165 e. The summed E-state index contributed by atoms with van der Waals surface area (Å²) in [5, 5.41) is 10.3. The lowest BCUT2D eigenvalue weighted by molar-refractivity contribution is -0.0860. The second-order valence-electron chi connectivity index (χ2n) is 5.78. The van der Waals surface area contributed by atoms with E-state index in [1.54, 1.807) is 6.07 Å². The molecule has 2 nitrogen and oxygen atoms in total. The highest BCUT2D eigenvalue weighted by atomic mass is 19.1. The second-order valence-corrected chi connectivity index (χ2v) is 5.78. The Morgan fingerprint density at radius 1 is 1.44 bits per heavy atom. The van der Waals surface area contributed by atoms with Crippen LogP contribution in [0, 0.1) is 17.7 Å². The summed E-state index contributed by atoms with van der Waals surface area (Å²) in [6.45, 7) is 4.36. The summed E-state index contributed by atoms with van der Waals surface area (Å²) in [4.78, 5) is 0. The van der Waals surface area contributed by atoms with E-state index < -0.39 is 5.60 Å². The van der Waals surface area contributed by atoms with Gasteiger partial charge in [0.2, 0.25) is 0 Å². The molecule has 18 heavy (non-hydrogen) atoms. The molecule has 2 rings (SSSR count). The molecule has 1 aliphatic carbocycles. The topological polar surface area (TPSA) is 29.5 Å². The number of hydrogen-bond acceptors (Lipinski definition) is 2. The van der Waals surface area contributed by atoms with Crippen molar-refractivity contribution in [2.24, 2.45) is 11.8 Å². The van der Waals surface area contributed by atoms with Crippen molar-refractivity contribution in [1.82, 2.24) is 0 Å². The summed E-state index contributed by atoms with van der Waals surface area (Å²) >= 11 is 0. The smallest absolute Gasteiger partial charge is 0.165 e. The lowest BCUT2D eigenvalue weighted by Gasteiger charge is -2.46. The molecule has 0 unspecified atom stereocenters. The van der Waals surface area contributed by atoms with E-state index in [1.165, 1.54) is 13.2 Å². The van der Waals surface area contributed by atoms with Gasteiger partial charge in [-0.3, -0.25) is 0 Å². The van der Waals surface area contributed by atoms with Crippen molar-refractivity contribution in [3.63, 3.8) is 0 Å². The Balaban J connectivity index is 2.00. The van der Waals surface area contributed by atoms with Crippen molar-refractivity contribution in [1.29, 1.82) is 0 Å². The summed E-state index contributed by atoms with van der Waals surface area (Å²) in [6.07, 6.45) is 2.16. The first-order chi connectivity index (χ1) is 8.43. The molecule has 0 saturated heterocycles. The first-order valence-corrected chi connectivity index (χ1v) is 6.48. The van der Waals surface area contributed by atoms with Gasteiger partial charge in [0.1, 0.15) is 0 Å². The molecule has 0 radical (unpaired) electrons. The van der Waals surface area contributed by atoms with Crippen molar-refractivity contribution >= 4 is 0 Å². The molecular formula is C15H21FO2. The van der Waals surface area contributed by atoms with E-state index in [0.29, 0.717) is 18.3 Å². The lowest BCUT2D eigenvalue weighted by Crippen LogP contribution is -2.47. The molecule has 1 fully saturated rings. The molecule has 0 aliphatic heterocycles. The van der Waals surface area contributed by atoms with Crippen molar-refractivity contribution in [2.75, 3.05) is 7.11 Å². The molecule has 1 aromatic rings. The molecule has 1 N–H and O–H groups in total. The standard InChI is InChI=1S/C15H21FO2/c1-10(2)12-8-15(17,9-12)7-11-4-5-14(18-3)13(16)6-11/h4-6,10,12,17H,7-9H2,1-3H3. The van der Waals surface area contributed by atoms with E-state index in [2.05, 4.69) is 13.8 Å². The van der Waals surface area contributed by atoms with Crippen LogP contribution in [-0.2, 0) is 6.42 Å². The van der Waals surface area contributed by atoms with Crippen molar-refractivity contribution < 1.29 is 14.2 Å². The molecule has 1 saturated carbocycles. The number of hydrogen-bond donors (Lipinski definition) is 1. The van der Waals surface area contributed by atoms with Crippen LogP contribution >= 0.6 is 0 Å². The van der Waals surface area contributed by atoms with Gasteiger partial charge in [-0.25, -0.2) is 4.39 Å². The number of methoxy groups -OCH3 is 1. The molecule has 0 aromatic heterocycles. The van der Waals surface area contributed by atoms with Gasteiger partial charge in [-0.05, 0) is 42.4 Å². The van der Waals surface area contributed by atoms with Gasteiger partial charge in [-0.15, -0.1) is 0 Å². The van der Waals surface area contributed by atoms with Crippen LogP contribution in [0.5, 0.6) is 5.75 Å². The Morgan fingerprint density at radius 3 is 2.61 bits per heavy atom. The van der Waals surface area contributed by atoms with Crippen LogP contribution in [0.1, 0.15) is 32.3 Å². The van der Waals surface area contributed by atoms with Gasteiger partial charge in [0, 0.05) is 6.42 Å². The Bertz CT molecular complexity index is 423. The summed E-state index contributed by atoms with van der Waals surface area (Å²) in [5.74, 6) is 1.09. The highest BCUT2D eigenvalue weighted by Gasteiger charge is 2.43. The summed E-state index contributed by atoms with van der Waals surface area (Å²) < 4.78 is 18.4. The third-order valence-electron chi connectivity index (χ3n) is 3.98. The number of aliphatic hydroxyl groups is 1. The normalized spacial score (nSPS) is 27.1. The van der Waals surface area contributed by atoms with E-state index in [9.17, 15) is 9.50 Å². The predicted molar refractivity (Wildman–Crippen MR) is 69.2 cm³/mol. The number of ether oxygens (including phenoxy) is 1. The largest absolute Gasteiger partial charge is 0.494 e. The summed E-state index contributed by atoms with van der Waals surface area (Å²) in [6, 6.07) is 4.90. The Morgan fingerprint density at radius 2 is 2.11 bits per heavy atom. The van der Waals surface area contributed by atoms with Crippen LogP contribution in [-0.4, -0.2) is 17.8 Å². The second kappa shape index (κ2) is 4.88. The van der Waals surface area contributed by atoms with Crippen molar-refractivity contribution in [3.05, 3.63) is 29.6 Å². The first-order valence-electron chi connectivity index (χ1n) is 6.48. The first kappa shape index (κ1) is 13.3. The Labute approximate surface area is 108 Å². The molecule has 100 valence electrons. The van der Waals surface area contributed by atoms with Crippen LogP contribution in [0.3, 0.4) is 0 Å². The van der Waals surface area contributed by atoms with Gasteiger partial charge in [0.25, 0.3) is 0 Å². The third kappa shape index (κ3) is 2.66. The van der Waals surface area contributed by atoms with Crippen LogP contribution < -0.4 is 4.74 Å². The van der Waals surface area contributed by atoms with Gasteiger partial charge in [-0.1, -0.05) is 19.9 Å². The minimum Gasteiger partial charge on any atom is -0.494 e. The molecule has 0 amide bonds. The van der Waals surface area contributed by atoms with E-state index in [4.69, 9.17) is 4.74 Å². The molecule has 1 aliphatic rings. The quantitative estimate of drug-likeness (QED) is 0.891. The Hall–Kier alpha value is -1.09. The van der Waals surface area contributed by atoms with Crippen LogP contribution in [0.4, 0.5) is 4.39 Å². The minimum atomic E-state index is -0.643. The van der Waals surface area contributed by atoms with Crippen LogP contribution in [0.25, 0.3) is 0 Å². The van der Waals surface area contributed by atoms with E-state index in [-0.39, 0.29) is 11.6 Å². The molecular weight excluding hydrogens is 231 g/mol. The maximum absolute atomic E-state index is 13.5. The number of benzene rings is 1. The average molecular weight is 252 g/mol. The zero-order valence-corrected chi connectivity index (χ0v) is 11.2. The van der Waals surface area contributed by atoms with E-state index in [1.807, 2.05) is 6.07 Å². The molecule has 0 spiro atoms. The average Bonchev–Trinajstić information content (AvgIpc) is 2.25. The highest BCUT2D eigenvalue weighted by molar-refractivity contribution is 5.30. The molecule has 3 heteroatoms. The molecule has 0 heterocycles. The van der Waals surface area contributed by atoms with Gasteiger partial charge in [0.05, 0.1) is 12.7 Å². The van der Waals surface area contributed by atoms with Crippen molar-refractivity contribution in [3.8, 4) is 5.75 Å². The van der Waals surface area contributed by atoms with Gasteiger partial charge in [0.15, 0.2) is 11.6 Å². The fraction of sp³-hybridized carbons (Fsp3) is 0.600. The molecule has 0 atom stereocenters. The molecule has 0 bridgehead atoms. The van der Waals surface area contributed by atoms with E-state index >= 15 is 0 Å². The van der Waals surface area contributed by atoms with Crippen LogP contribution in [0.2, 0.25) is 0 Å². The molecule has 1 aromatic carbocycles. The maximum atomic E-state index is 13.5. The highest BCUT2D eigenvalue weighted by Crippen LogP contribution is 2.44. The zero-order chi connectivity index (χ0) is 13.3. The Kier molecular flexibility index (Phi) is 3.62. The minimum absolute atomic E-state index is 0.249. The number of rotatable bonds is 4. The summed E-state index contributed by atoms with van der Waals surface area (Å²) in [5.41, 5.74) is 0.189. The van der Waals surface area contributed by atoms with Gasteiger partial charge in [-0.2, -0.15) is 0 Å². The zero-order valence-electron chi connectivity index (χ0n) is 11.2. The van der Waals surface area contributed by atoms with Crippen molar-refractivity contribution in [2.45, 2.75) is 38.7 Å². The van der Waals surface area contributed by atoms with Crippen LogP contribution in [0.15, 0.2) is 18.2 Å². The summed E-state index contributed by atoms with van der Waals surface area (Å²) in [7, 11) is 1.45. The lowest BCUT2D eigenvalue weighted by atomic mass is 9.64. The van der Waals surface area contributed by atoms with Gasteiger partial charge < -0.3 is 9.84 Å². The SMILES string of the molecule is COc1ccc(CC2(O)CC(C(C)C)C2)cc1F. The number of halogens is 1.